The van der Waals surface area contributed by atoms with E-state index in [9.17, 15) is 0 Å². The Labute approximate surface area is 101 Å². The Balaban J connectivity index is 1.85. The summed E-state index contributed by atoms with van der Waals surface area (Å²) in [6.45, 7) is 3.77. The number of para-hydroxylation sites is 1. The molecule has 1 aromatic heterocycles. The molecule has 0 fully saturated rings. The first-order valence-electron chi connectivity index (χ1n) is 6.05. The number of hydrogen-bond acceptors (Lipinski definition) is 2. The van der Waals surface area contributed by atoms with Gasteiger partial charge in [-0.25, -0.2) is 0 Å². The largest absolute Gasteiger partial charge is 0.493 e. The van der Waals surface area contributed by atoms with Crippen molar-refractivity contribution in [2.75, 3.05) is 6.61 Å². The Morgan fingerprint density at radius 1 is 1.35 bits per heavy atom. The predicted octanol–water partition coefficient (Wildman–Crippen LogP) is 2.76. The molecule has 3 heteroatoms. The fraction of sp³-hybridized carbons (Fsp3) is 0.357. The van der Waals surface area contributed by atoms with Crippen LogP contribution >= 0.6 is 0 Å². The van der Waals surface area contributed by atoms with Gasteiger partial charge in [-0.15, -0.1) is 0 Å². The zero-order chi connectivity index (χ0) is 11.7. The van der Waals surface area contributed by atoms with Gasteiger partial charge in [0.05, 0.1) is 12.3 Å². The van der Waals surface area contributed by atoms with Crippen molar-refractivity contribution in [1.82, 2.24) is 9.78 Å². The summed E-state index contributed by atoms with van der Waals surface area (Å²) < 4.78 is 7.70. The second-order valence-electron chi connectivity index (χ2n) is 4.55. The minimum atomic E-state index is 0.513. The third-order valence-corrected chi connectivity index (χ3v) is 3.26. The fourth-order valence-corrected chi connectivity index (χ4v) is 2.40. The molecule has 3 nitrogen and oxygen atoms in total. The quantitative estimate of drug-likeness (QED) is 0.790. The monoisotopic (exact) mass is 228 g/mol. The summed E-state index contributed by atoms with van der Waals surface area (Å²) in [5.41, 5.74) is 2.39. The molecule has 2 heterocycles. The molecule has 0 saturated heterocycles. The molecule has 0 N–H and O–H groups in total. The van der Waals surface area contributed by atoms with Crippen LogP contribution < -0.4 is 4.74 Å². The Morgan fingerprint density at radius 2 is 2.24 bits per heavy atom. The van der Waals surface area contributed by atoms with Crippen LogP contribution in [0.3, 0.4) is 0 Å². The summed E-state index contributed by atoms with van der Waals surface area (Å²) in [5.74, 6) is 1.55. The maximum absolute atomic E-state index is 5.67. The Morgan fingerprint density at radius 3 is 3.06 bits per heavy atom. The van der Waals surface area contributed by atoms with Gasteiger partial charge >= 0.3 is 0 Å². The number of hydrogen-bond donors (Lipinski definition) is 0. The van der Waals surface area contributed by atoms with Gasteiger partial charge in [0.2, 0.25) is 0 Å². The molecule has 0 spiro atoms. The van der Waals surface area contributed by atoms with E-state index in [0.29, 0.717) is 5.92 Å². The van der Waals surface area contributed by atoms with Crippen LogP contribution in [0, 0.1) is 6.92 Å². The second kappa shape index (κ2) is 4.24. The van der Waals surface area contributed by atoms with Gasteiger partial charge in [0.25, 0.3) is 0 Å². The summed E-state index contributed by atoms with van der Waals surface area (Å²) in [5, 5.41) is 4.45. The van der Waals surface area contributed by atoms with Gasteiger partial charge in [0, 0.05) is 18.7 Å². The second-order valence-corrected chi connectivity index (χ2v) is 4.55. The molecule has 17 heavy (non-hydrogen) atoms. The van der Waals surface area contributed by atoms with E-state index in [-0.39, 0.29) is 0 Å². The highest BCUT2D eigenvalue weighted by atomic mass is 16.5. The van der Waals surface area contributed by atoms with E-state index in [2.05, 4.69) is 23.3 Å². The Hall–Kier alpha value is -1.77. The first kappa shape index (κ1) is 10.4. The number of aromatic nitrogens is 2. The van der Waals surface area contributed by atoms with E-state index in [1.807, 2.05) is 29.9 Å². The van der Waals surface area contributed by atoms with E-state index in [0.717, 1.165) is 31.0 Å². The molecule has 0 saturated carbocycles. The van der Waals surface area contributed by atoms with Crippen LogP contribution in [0.25, 0.3) is 0 Å². The lowest BCUT2D eigenvalue weighted by Gasteiger charge is -2.25. The van der Waals surface area contributed by atoms with Gasteiger partial charge in [-0.1, -0.05) is 18.2 Å². The van der Waals surface area contributed by atoms with Crippen molar-refractivity contribution >= 4 is 0 Å². The Kier molecular flexibility index (Phi) is 2.59. The lowest BCUT2D eigenvalue weighted by molar-refractivity contribution is 0.256. The summed E-state index contributed by atoms with van der Waals surface area (Å²) in [6.07, 6.45) is 3.11. The van der Waals surface area contributed by atoms with Crippen LogP contribution in [0.1, 0.15) is 23.6 Å². The van der Waals surface area contributed by atoms with Gasteiger partial charge in [0.15, 0.2) is 0 Å². The summed E-state index contributed by atoms with van der Waals surface area (Å²) in [4.78, 5) is 0. The maximum atomic E-state index is 5.67. The van der Waals surface area contributed by atoms with E-state index in [1.165, 1.54) is 5.56 Å². The average Bonchev–Trinajstić information content (AvgIpc) is 2.75. The van der Waals surface area contributed by atoms with Gasteiger partial charge < -0.3 is 4.74 Å². The van der Waals surface area contributed by atoms with Crippen molar-refractivity contribution < 1.29 is 4.74 Å². The highest BCUT2D eigenvalue weighted by Crippen LogP contribution is 2.34. The normalized spacial score (nSPS) is 18.5. The topological polar surface area (TPSA) is 27.1 Å². The van der Waals surface area contributed by atoms with Crippen LogP contribution in [0.5, 0.6) is 5.75 Å². The van der Waals surface area contributed by atoms with Gasteiger partial charge in [-0.2, -0.15) is 5.10 Å². The first-order valence-corrected chi connectivity index (χ1v) is 6.05. The standard InChI is InChI=1S/C14H16N2O/c1-11-6-8-16(15-11)10-12-7-9-17-14-5-3-2-4-13(12)14/h2-6,8,12H,7,9-10H2,1H3. The molecule has 0 aliphatic carbocycles. The van der Waals surface area contributed by atoms with Gasteiger partial charge in [-0.3, -0.25) is 4.68 Å². The highest BCUT2D eigenvalue weighted by Gasteiger charge is 2.21. The van der Waals surface area contributed by atoms with Crippen molar-refractivity contribution in [3.05, 3.63) is 47.8 Å². The average molecular weight is 228 g/mol. The van der Waals surface area contributed by atoms with E-state index in [1.54, 1.807) is 0 Å². The van der Waals surface area contributed by atoms with E-state index >= 15 is 0 Å². The van der Waals surface area contributed by atoms with Gasteiger partial charge in [-0.05, 0) is 31.0 Å². The lowest BCUT2D eigenvalue weighted by Crippen LogP contribution is -2.18. The van der Waals surface area contributed by atoms with E-state index in [4.69, 9.17) is 4.74 Å². The number of benzene rings is 1. The summed E-state index contributed by atoms with van der Waals surface area (Å²) >= 11 is 0. The van der Waals surface area contributed by atoms with Crippen molar-refractivity contribution in [2.24, 2.45) is 0 Å². The minimum absolute atomic E-state index is 0.513. The smallest absolute Gasteiger partial charge is 0.122 e. The molecule has 0 bridgehead atoms. The third-order valence-electron chi connectivity index (χ3n) is 3.26. The number of aryl methyl sites for hydroxylation is 1. The van der Waals surface area contributed by atoms with Crippen LogP contribution in [0.4, 0.5) is 0 Å². The van der Waals surface area contributed by atoms with Crippen molar-refractivity contribution in [2.45, 2.75) is 25.8 Å². The highest BCUT2D eigenvalue weighted by molar-refractivity contribution is 5.37. The molecule has 1 aliphatic heterocycles. The molecule has 0 amide bonds. The molecule has 1 aliphatic rings. The summed E-state index contributed by atoms with van der Waals surface area (Å²) in [7, 11) is 0. The number of nitrogens with zero attached hydrogens (tertiary/aromatic N) is 2. The molecule has 88 valence electrons. The molecular weight excluding hydrogens is 212 g/mol. The zero-order valence-electron chi connectivity index (χ0n) is 9.97. The molecular formula is C14H16N2O. The maximum Gasteiger partial charge on any atom is 0.122 e. The van der Waals surface area contributed by atoms with E-state index < -0.39 is 0 Å². The fourth-order valence-electron chi connectivity index (χ4n) is 2.40. The molecule has 0 radical (unpaired) electrons. The van der Waals surface area contributed by atoms with Gasteiger partial charge in [0.1, 0.15) is 5.75 Å². The van der Waals surface area contributed by atoms with Crippen molar-refractivity contribution in [3.63, 3.8) is 0 Å². The molecule has 1 unspecified atom stereocenters. The minimum Gasteiger partial charge on any atom is -0.493 e. The third kappa shape index (κ3) is 2.05. The predicted molar refractivity (Wildman–Crippen MR) is 66.3 cm³/mol. The van der Waals surface area contributed by atoms with Crippen LogP contribution in [-0.2, 0) is 6.54 Å². The number of fused-ring (bicyclic) bond motifs is 1. The molecule has 3 rings (SSSR count). The van der Waals surface area contributed by atoms with Crippen LogP contribution in [0.2, 0.25) is 0 Å². The Bertz CT molecular complexity index is 518. The SMILES string of the molecule is Cc1ccn(CC2CCOc3ccccc32)n1. The van der Waals surface area contributed by atoms with Crippen molar-refractivity contribution in [1.29, 1.82) is 0 Å². The zero-order valence-corrected chi connectivity index (χ0v) is 9.97. The van der Waals surface area contributed by atoms with Crippen molar-refractivity contribution in [3.8, 4) is 5.75 Å². The number of rotatable bonds is 2. The molecule has 2 aromatic rings. The van der Waals surface area contributed by atoms with Crippen LogP contribution in [0.15, 0.2) is 36.5 Å². The number of ether oxygens (including phenoxy) is 1. The molecule has 1 atom stereocenters. The van der Waals surface area contributed by atoms with Crippen LogP contribution in [-0.4, -0.2) is 16.4 Å². The molecule has 1 aromatic carbocycles. The summed E-state index contributed by atoms with van der Waals surface area (Å²) in [6, 6.07) is 10.4. The lowest BCUT2D eigenvalue weighted by atomic mass is 9.93. The first-order chi connectivity index (χ1) is 8.33.